The third-order valence-corrected chi connectivity index (χ3v) is 5.72. The van der Waals surface area contributed by atoms with E-state index in [0.717, 1.165) is 19.1 Å². The van der Waals surface area contributed by atoms with Gasteiger partial charge in [-0.05, 0) is 36.5 Å². The van der Waals surface area contributed by atoms with Gasteiger partial charge in [0.15, 0.2) is 9.84 Å². The molecular formula is C16H20N4O4S. The van der Waals surface area contributed by atoms with Gasteiger partial charge in [-0.25, -0.2) is 8.42 Å². The SMILES string of the molecule is Cn1cc(C2CCN(c3cccc(S(C)(=O)=O)c3[N+](=O)[O-])CC2)cn1. The zero-order valence-corrected chi connectivity index (χ0v) is 14.9. The van der Waals surface area contributed by atoms with Crippen LogP contribution in [0.2, 0.25) is 0 Å². The molecule has 1 aliphatic heterocycles. The van der Waals surface area contributed by atoms with Crippen molar-refractivity contribution in [2.24, 2.45) is 7.05 Å². The molecule has 1 saturated heterocycles. The van der Waals surface area contributed by atoms with Crippen molar-refractivity contribution in [1.29, 1.82) is 0 Å². The molecule has 0 aliphatic carbocycles. The Hall–Kier alpha value is -2.42. The molecule has 1 aromatic carbocycles. The molecule has 0 bridgehead atoms. The maximum atomic E-state index is 11.9. The van der Waals surface area contributed by atoms with Gasteiger partial charge < -0.3 is 4.90 Å². The average Bonchev–Trinajstić information content (AvgIpc) is 3.00. The monoisotopic (exact) mass is 364 g/mol. The minimum absolute atomic E-state index is 0.232. The first-order valence-corrected chi connectivity index (χ1v) is 9.87. The van der Waals surface area contributed by atoms with Crippen molar-refractivity contribution < 1.29 is 13.3 Å². The fourth-order valence-corrected chi connectivity index (χ4v) is 4.21. The summed E-state index contributed by atoms with van der Waals surface area (Å²) >= 11 is 0. The minimum atomic E-state index is -3.67. The first-order valence-electron chi connectivity index (χ1n) is 7.98. The van der Waals surface area contributed by atoms with Crippen molar-refractivity contribution in [3.8, 4) is 0 Å². The second kappa shape index (κ2) is 6.47. The second-order valence-corrected chi connectivity index (χ2v) is 8.35. The number of nitro benzene ring substituents is 1. The lowest BCUT2D eigenvalue weighted by atomic mass is 9.91. The Morgan fingerprint density at radius 1 is 1.28 bits per heavy atom. The highest BCUT2D eigenvalue weighted by Crippen LogP contribution is 2.38. The van der Waals surface area contributed by atoms with Gasteiger partial charge in [-0.15, -0.1) is 0 Å². The largest absolute Gasteiger partial charge is 0.366 e. The molecule has 0 saturated carbocycles. The number of nitro groups is 1. The summed E-state index contributed by atoms with van der Waals surface area (Å²) in [5.41, 5.74) is 1.21. The Labute approximate surface area is 146 Å². The van der Waals surface area contributed by atoms with Crippen LogP contribution in [0.5, 0.6) is 0 Å². The van der Waals surface area contributed by atoms with E-state index in [1.165, 1.54) is 11.6 Å². The highest BCUT2D eigenvalue weighted by molar-refractivity contribution is 7.90. The van der Waals surface area contributed by atoms with E-state index in [-0.39, 0.29) is 10.6 Å². The van der Waals surface area contributed by atoms with Crippen LogP contribution in [0.4, 0.5) is 11.4 Å². The summed E-state index contributed by atoms with van der Waals surface area (Å²) in [7, 11) is -1.80. The van der Waals surface area contributed by atoms with Crippen LogP contribution in [0.25, 0.3) is 0 Å². The maximum Gasteiger partial charge on any atom is 0.311 e. The lowest BCUT2D eigenvalue weighted by molar-refractivity contribution is -0.387. The number of benzene rings is 1. The molecule has 3 rings (SSSR count). The summed E-state index contributed by atoms with van der Waals surface area (Å²) in [4.78, 5) is 12.6. The van der Waals surface area contributed by atoms with Crippen molar-refractivity contribution in [3.63, 3.8) is 0 Å². The lowest BCUT2D eigenvalue weighted by Gasteiger charge is -2.33. The Bertz CT molecular complexity index is 899. The Balaban J connectivity index is 1.87. The fourth-order valence-electron chi connectivity index (χ4n) is 3.35. The third kappa shape index (κ3) is 3.51. The molecule has 0 radical (unpaired) electrons. The van der Waals surface area contributed by atoms with E-state index in [4.69, 9.17) is 0 Å². The smallest absolute Gasteiger partial charge is 0.311 e. The van der Waals surface area contributed by atoms with Crippen molar-refractivity contribution in [2.45, 2.75) is 23.7 Å². The quantitative estimate of drug-likeness (QED) is 0.609. The molecule has 9 heteroatoms. The van der Waals surface area contributed by atoms with Gasteiger partial charge in [0.25, 0.3) is 0 Å². The Morgan fingerprint density at radius 3 is 2.48 bits per heavy atom. The van der Waals surface area contributed by atoms with E-state index >= 15 is 0 Å². The van der Waals surface area contributed by atoms with E-state index in [9.17, 15) is 18.5 Å². The second-order valence-electron chi connectivity index (χ2n) is 6.36. The van der Waals surface area contributed by atoms with E-state index in [1.807, 2.05) is 24.3 Å². The van der Waals surface area contributed by atoms with Crippen molar-refractivity contribution in [1.82, 2.24) is 9.78 Å². The van der Waals surface area contributed by atoms with Gasteiger partial charge >= 0.3 is 5.69 Å². The predicted molar refractivity (Wildman–Crippen MR) is 93.6 cm³/mol. The zero-order valence-electron chi connectivity index (χ0n) is 14.1. The molecule has 0 atom stereocenters. The van der Waals surface area contributed by atoms with Crippen molar-refractivity contribution in [2.75, 3.05) is 24.2 Å². The van der Waals surface area contributed by atoms with Gasteiger partial charge in [0.2, 0.25) is 0 Å². The van der Waals surface area contributed by atoms with Crippen LogP contribution in [0, 0.1) is 10.1 Å². The third-order valence-electron chi connectivity index (χ3n) is 4.59. The van der Waals surface area contributed by atoms with Crippen LogP contribution in [-0.4, -0.2) is 42.5 Å². The predicted octanol–water partition coefficient (Wildman–Crippen LogP) is 2.12. The first kappa shape index (κ1) is 17.4. The fraction of sp³-hybridized carbons (Fsp3) is 0.438. The normalized spacial score (nSPS) is 16.2. The van der Waals surface area contributed by atoms with Gasteiger partial charge in [0.05, 0.1) is 11.1 Å². The Kier molecular flexibility index (Phi) is 4.51. The van der Waals surface area contributed by atoms with Gasteiger partial charge in [0.1, 0.15) is 10.6 Å². The van der Waals surface area contributed by atoms with E-state index in [2.05, 4.69) is 5.10 Å². The molecule has 1 fully saturated rings. The Morgan fingerprint density at radius 2 is 1.96 bits per heavy atom. The molecule has 0 N–H and O–H groups in total. The number of hydrogen-bond donors (Lipinski definition) is 0. The molecule has 2 heterocycles. The number of aryl methyl sites for hydroxylation is 1. The summed E-state index contributed by atoms with van der Waals surface area (Å²) in [6, 6.07) is 4.47. The van der Waals surface area contributed by atoms with Gasteiger partial charge in [-0.1, -0.05) is 6.07 Å². The van der Waals surface area contributed by atoms with Crippen LogP contribution >= 0.6 is 0 Å². The van der Waals surface area contributed by atoms with E-state index in [1.54, 1.807) is 16.8 Å². The standard InChI is InChI=1S/C16H20N4O4S/c1-18-11-13(10-17-18)12-6-8-19(9-7-12)14-4-3-5-15(25(2,23)24)16(14)20(21)22/h3-5,10-12H,6-9H2,1-2H3. The van der Waals surface area contributed by atoms with Crippen LogP contribution in [0.15, 0.2) is 35.5 Å². The van der Waals surface area contributed by atoms with Gasteiger partial charge in [-0.3, -0.25) is 14.8 Å². The van der Waals surface area contributed by atoms with E-state index < -0.39 is 14.8 Å². The molecule has 0 unspecified atom stereocenters. The van der Waals surface area contributed by atoms with Crippen LogP contribution < -0.4 is 4.90 Å². The maximum absolute atomic E-state index is 11.9. The first-order chi connectivity index (χ1) is 11.8. The number of hydrogen-bond acceptors (Lipinski definition) is 6. The number of anilines is 1. The summed E-state index contributed by atoms with van der Waals surface area (Å²) in [5, 5.41) is 15.7. The van der Waals surface area contributed by atoms with Gasteiger partial charge in [0, 0.05) is 32.6 Å². The number of nitrogens with zero attached hydrogens (tertiary/aromatic N) is 4. The summed E-state index contributed by atoms with van der Waals surface area (Å²) in [6.45, 7) is 1.27. The number of piperidine rings is 1. The topological polar surface area (TPSA) is 98.3 Å². The zero-order chi connectivity index (χ0) is 18.2. The molecule has 0 spiro atoms. The molecule has 8 nitrogen and oxygen atoms in total. The summed E-state index contributed by atoms with van der Waals surface area (Å²) in [5.74, 6) is 0.363. The van der Waals surface area contributed by atoms with Crippen molar-refractivity contribution >= 4 is 21.2 Å². The van der Waals surface area contributed by atoms with Crippen molar-refractivity contribution in [3.05, 3.63) is 46.3 Å². The summed E-state index contributed by atoms with van der Waals surface area (Å²) in [6.07, 6.45) is 6.52. The average molecular weight is 364 g/mol. The molecule has 0 amide bonds. The molecule has 25 heavy (non-hydrogen) atoms. The van der Waals surface area contributed by atoms with Gasteiger partial charge in [-0.2, -0.15) is 5.10 Å². The number of para-hydroxylation sites is 1. The highest BCUT2D eigenvalue weighted by Gasteiger charge is 2.31. The lowest BCUT2D eigenvalue weighted by Crippen LogP contribution is -2.33. The van der Waals surface area contributed by atoms with Crippen LogP contribution in [0.3, 0.4) is 0 Å². The van der Waals surface area contributed by atoms with Crippen LogP contribution in [0.1, 0.15) is 24.3 Å². The summed E-state index contributed by atoms with van der Waals surface area (Å²) < 4.78 is 25.6. The minimum Gasteiger partial charge on any atom is -0.366 e. The molecular weight excluding hydrogens is 344 g/mol. The van der Waals surface area contributed by atoms with Crippen LogP contribution in [-0.2, 0) is 16.9 Å². The highest BCUT2D eigenvalue weighted by atomic mass is 32.2. The molecule has 1 aromatic heterocycles. The number of rotatable bonds is 4. The molecule has 2 aromatic rings. The number of sulfone groups is 1. The molecule has 134 valence electrons. The molecule has 1 aliphatic rings. The van der Waals surface area contributed by atoms with E-state index in [0.29, 0.717) is 24.7 Å². The number of aromatic nitrogens is 2.